The quantitative estimate of drug-likeness (QED) is 0.652. The third kappa shape index (κ3) is 3.21. The Labute approximate surface area is 111 Å². The van der Waals surface area contributed by atoms with Crippen molar-refractivity contribution in [3.8, 4) is 0 Å². The van der Waals surface area contributed by atoms with Crippen LogP contribution >= 0.6 is 0 Å². The second kappa shape index (κ2) is 5.54. The van der Waals surface area contributed by atoms with Crippen LogP contribution in [0.15, 0.2) is 18.2 Å². The molecule has 0 aliphatic carbocycles. The summed E-state index contributed by atoms with van der Waals surface area (Å²) in [4.78, 5) is 10.4. The predicted molar refractivity (Wildman–Crippen MR) is 71.5 cm³/mol. The van der Waals surface area contributed by atoms with Crippen molar-refractivity contribution in [1.82, 2.24) is 0 Å². The summed E-state index contributed by atoms with van der Waals surface area (Å²) in [6.07, 6.45) is 0.824. The number of methoxy groups -OCH3 is 1. The van der Waals surface area contributed by atoms with Crippen LogP contribution in [0, 0.1) is 17.0 Å². The maximum Gasteiger partial charge on any atom is 0.271 e. The summed E-state index contributed by atoms with van der Waals surface area (Å²) in [6.45, 7) is 3.64. The average molecular weight is 266 g/mol. The fraction of sp³-hybridized carbons (Fsp3) is 0.538. The minimum atomic E-state index is -0.386. The molecule has 1 unspecified atom stereocenters. The van der Waals surface area contributed by atoms with Gasteiger partial charge in [-0.15, -0.1) is 0 Å². The number of nitro benzene ring substituents is 1. The molecule has 0 amide bonds. The van der Waals surface area contributed by atoms with E-state index in [4.69, 9.17) is 9.47 Å². The van der Waals surface area contributed by atoms with E-state index >= 15 is 0 Å². The number of nitrogens with zero attached hydrogens (tertiary/aromatic N) is 1. The van der Waals surface area contributed by atoms with Crippen LogP contribution < -0.4 is 5.32 Å². The molecule has 1 aromatic carbocycles. The van der Waals surface area contributed by atoms with E-state index in [0.717, 1.165) is 17.7 Å². The average Bonchev–Trinajstić information content (AvgIpc) is 2.85. The van der Waals surface area contributed by atoms with E-state index in [9.17, 15) is 10.1 Å². The topological polar surface area (TPSA) is 73.6 Å². The first-order valence-corrected chi connectivity index (χ1v) is 6.17. The Morgan fingerprint density at radius 1 is 1.53 bits per heavy atom. The number of aryl methyl sites for hydroxylation is 1. The zero-order valence-electron chi connectivity index (χ0n) is 11.1. The van der Waals surface area contributed by atoms with E-state index in [1.54, 1.807) is 13.2 Å². The van der Waals surface area contributed by atoms with Gasteiger partial charge in [0.1, 0.15) is 5.60 Å². The van der Waals surface area contributed by atoms with Crippen LogP contribution in [0.4, 0.5) is 11.4 Å². The molecule has 1 aliphatic rings. The molecule has 2 rings (SSSR count). The number of non-ortho nitro benzene ring substituents is 1. The second-order valence-corrected chi connectivity index (χ2v) is 4.86. The fourth-order valence-electron chi connectivity index (χ4n) is 2.19. The number of ether oxygens (including phenoxy) is 2. The van der Waals surface area contributed by atoms with Gasteiger partial charge in [0.2, 0.25) is 0 Å². The normalized spacial score (nSPS) is 22.4. The molecule has 104 valence electrons. The Kier molecular flexibility index (Phi) is 4.01. The Morgan fingerprint density at radius 3 is 2.89 bits per heavy atom. The molecule has 6 heteroatoms. The van der Waals surface area contributed by atoms with Crippen molar-refractivity contribution < 1.29 is 14.4 Å². The van der Waals surface area contributed by atoms with Crippen LogP contribution in [0.1, 0.15) is 12.0 Å². The summed E-state index contributed by atoms with van der Waals surface area (Å²) in [5, 5.41) is 14.0. The SMILES string of the molecule is COC1(CNc2cc(C)cc([N+](=O)[O-])c2)CCOC1. The van der Waals surface area contributed by atoms with Gasteiger partial charge < -0.3 is 14.8 Å². The minimum absolute atomic E-state index is 0.0941. The molecule has 1 saturated heterocycles. The predicted octanol–water partition coefficient (Wildman–Crippen LogP) is 2.12. The number of hydrogen-bond acceptors (Lipinski definition) is 5. The number of rotatable bonds is 5. The summed E-state index contributed by atoms with van der Waals surface area (Å²) in [6, 6.07) is 4.97. The third-order valence-corrected chi connectivity index (χ3v) is 3.39. The summed E-state index contributed by atoms with van der Waals surface area (Å²) < 4.78 is 10.9. The number of hydrogen-bond donors (Lipinski definition) is 1. The molecule has 0 saturated carbocycles. The van der Waals surface area contributed by atoms with Gasteiger partial charge in [0.15, 0.2) is 0 Å². The number of nitrogens with one attached hydrogen (secondary N) is 1. The molecular weight excluding hydrogens is 248 g/mol. The van der Waals surface area contributed by atoms with Gasteiger partial charge in [0.25, 0.3) is 5.69 Å². The first-order valence-electron chi connectivity index (χ1n) is 6.17. The highest BCUT2D eigenvalue weighted by molar-refractivity contribution is 5.54. The second-order valence-electron chi connectivity index (χ2n) is 4.86. The van der Waals surface area contributed by atoms with Crippen molar-refractivity contribution in [3.05, 3.63) is 33.9 Å². The Balaban J connectivity index is 2.08. The Hall–Kier alpha value is -1.66. The van der Waals surface area contributed by atoms with Crippen molar-refractivity contribution in [1.29, 1.82) is 0 Å². The monoisotopic (exact) mass is 266 g/mol. The molecule has 1 fully saturated rings. The van der Waals surface area contributed by atoms with Gasteiger partial charge in [-0.3, -0.25) is 10.1 Å². The largest absolute Gasteiger partial charge is 0.382 e. The van der Waals surface area contributed by atoms with Crippen LogP contribution in [0.2, 0.25) is 0 Å². The molecule has 1 aliphatic heterocycles. The van der Waals surface area contributed by atoms with Gasteiger partial charge in [-0.25, -0.2) is 0 Å². The lowest BCUT2D eigenvalue weighted by atomic mass is 10.0. The van der Waals surface area contributed by atoms with Crippen molar-refractivity contribution >= 4 is 11.4 Å². The van der Waals surface area contributed by atoms with Crippen molar-refractivity contribution in [2.45, 2.75) is 18.9 Å². The standard InChI is InChI=1S/C13H18N2O4/c1-10-5-11(7-12(6-10)15(16)17)14-8-13(18-2)3-4-19-9-13/h5-7,14H,3-4,8-9H2,1-2H3. The van der Waals surface area contributed by atoms with Crippen LogP contribution in [-0.4, -0.2) is 37.4 Å². The molecule has 0 spiro atoms. The third-order valence-electron chi connectivity index (χ3n) is 3.39. The molecule has 1 N–H and O–H groups in total. The molecule has 0 bridgehead atoms. The van der Waals surface area contributed by atoms with Gasteiger partial charge in [0.05, 0.1) is 11.5 Å². The molecule has 0 radical (unpaired) electrons. The van der Waals surface area contributed by atoms with E-state index in [2.05, 4.69) is 5.32 Å². The van der Waals surface area contributed by atoms with Crippen molar-refractivity contribution in [3.63, 3.8) is 0 Å². The lowest BCUT2D eigenvalue weighted by Gasteiger charge is -2.26. The van der Waals surface area contributed by atoms with E-state index < -0.39 is 0 Å². The maximum absolute atomic E-state index is 10.8. The lowest BCUT2D eigenvalue weighted by Crippen LogP contribution is -2.39. The van der Waals surface area contributed by atoms with Crippen LogP contribution in [-0.2, 0) is 9.47 Å². The van der Waals surface area contributed by atoms with E-state index in [0.29, 0.717) is 19.8 Å². The van der Waals surface area contributed by atoms with Gasteiger partial charge in [-0.1, -0.05) is 0 Å². The molecule has 1 aromatic rings. The van der Waals surface area contributed by atoms with Gasteiger partial charge in [-0.05, 0) is 18.6 Å². The molecule has 6 nitrogen and oxygen atoms in total. The zero-order chi connectivity index (χ0) is 13.9. The van der Waals surface area contributed by atoms with Crippen LogP contribution in [0.5, 0.6) is 0 Å². The zero-order valence-corrected chi connectivity index (χ0v) is 11.1. The first kappa shape index (κ1) is 13.8. The highest BCUT2D eigenvalue weighted by Gasteiger charge is 2.34. The molecule has 19 heavy (non-hydrogen) atoms. The number of nitro groups is 1. The van der Waals surface area contributed by atoms with E-state index in [1.807, 2.05) is 13.0 Å². The summed E-state index contributed by atoms with van der Waals surface area (Å²) in [7, 11) is 1.66. The van der Waals surface area contributed by atoms with Crippen molar-refractivity contribution in [2.24, 2.45) is 0 Å². The Bertz CT molecular complexity index is 470. The number of benzene rings is 1. The smallest absolute Gasteiger partial charge is 0.271 e. The van der Waals surface area contributed by atoms with Crippen molar-refractivity contribution in [2.75, 3.05) is 32.2 Å². The summed E-state index contributed by atoms with van der Waals surface area (Å²) in [5.74, 6) is 0. The van der Waals surface area contributed by atoms with E-state index in [-0.39, 0.29) is 16.2 Å². The molecule has 0 aromatic heterocycles. The first-order chi connectivity index (χ1) is 9.04. The lowest BCUT2D eigenvalue weighted by molar-refractivity contribution is -0.384. The highest BCUT2D eigenvalue weighted by atomic mass is 16.6. The number of anilines is 1. The molecular formula is C13H18N2O4. The highest BCUT2D eigenvalue weighted by Crippen LogP contribution is 2.25. The summed E-state index contributed by atoms with van der Waals surface area (Å²) in [5.41, 5.74) is 1.34. The molecule has 1 atom stereocenters. The van der Waals surface area contributed by atoms with Gasteiger partial charge in [0, 0.05) is 44.5 Å². The van der Waals surface area contributed by atoms with Gasteiger partial charge >= 0.3 is 0 Å². The van der Waals surface area contributed by atoms with Gasteiger partial charge in [-0.2, -0.15) is 0 Å². The minimum Gasteiger partial charge on any atom is -0.382 e. The fourth-order valence-corrected chi connectivity index (χ4v) is 2.19. The maximum atomic E-state index is 10.8. The van der Waals surface area contributed by atoms with Crippen LogP contribution in [0.3, 0.4) is 0 Å². The summed E-state index contributed by atoms with van der Waals surface area (Å²) >= 11 is 0. The molecule has 1 heterocycles. The Morgan fingerprint density at radius 2 is 2.32 bits per heavy atom. The van der Waals surface area contributed by atoms with E-state index in [1.165, 1.54) is 6.07 Å². The van der Waals surface area contributed by atoms with Crippen LogP contribution in [0.25, 0.3) is 0 Å².